The van der Waals surface area contributed by atoms with Crippen LogP contribution in [0.15, 0.2) is 11.0 Å². The summed E-state index contributed by atoms with van der Waals surface area (Å²) in [5.41, 5.74) is 0.0771. The zero-order valence-electron chi connectivity index (χ0n) is 15.4. The second-order valence-electron chi connectivity index (χ2n) is 7.65. The second kappa shape index (κ2) is 6.99. The SMILES string of the molecule is CC(C)(C)n1ncc2c(=O)[nH]c(NCCCN3CCS(=O)(=O)CC3)nc21. The minimum atomic E-state index is -2.84. The molecule has 10 heteroatoms. The van der Waals surface area contributed by atoms with Crippen molar-refractivity contribution in [3.8, 4) is 0 Å². The van der Waals surface area contributed by atoms with Gasteiger partial charge in [-0.05, 0) is 33.7 Å². The third kappa shape index (κ3) is 4.24. The van der Waals surface area contributed by atoms with E-state index in [1.807, 2.05) is 20.8 Å². The maximum atomic E-state index is 12.2. The van der Waals surface area contributed by atoms with Gasteiger partial charge in [0.25, 0.3) is 5.56 Å². The van der Waals surface area contributed by atoms with E-state index in [4.69, 9.17) is 0 Å². The first kappa shape index (κ1) is 18.8. The molecular formula is C16H26N6O3S. The molecule has 0 aromatic carbocycles. The van der Waals surface area contributed by atoms with Crippen molar-refractivity contribution < 1.29 is 8.42 Å². The molecule has 26 heavy (non-hydrogen) atoms. The Bertz CT molecular complexity index is 927. The number of sulfone groups is 1. The summed E-state index contributed by atoms with van der Waals surface area (Å²) in [7, 11) is -2.84. The van der Waals surface area contributed by atoms with Crippen molar-refractivity contribution in [3.63, 3.8) is 0 Å². The predicted molar refractivity (Wildman–Crippen MR) is 101 cm³/mol. The van der Waals surface area contributed by atoms with Crippen LogP contribution < -0.4 is 10.9 Å². The zero-order valence-corrected chi connectivity index (χ0v) is 16.3. The average Bonchev–Trinajstić information content (AvgIpc) is 2.97. The summed E-state index contributed by atoms with van der Waals surface area (Å²) in [5.74, 6) is 0.903. The van der Waals surface area contributed by atoms with Gasteiger partial charge in [0.1, 0.15) is 5.39 Å². The standard InChI is InChI=1S/C16H26N6O3S/c1-16(2,3)22-13-12(11-18-22)14(23)20-15(19-13)17-5-4-6-21-7-9-26(24,25)10-8-21/h11H,4-10H2,1-3H3,(H2,17,19,20,23). The molecule has 0 radical (unpaired) electrons. The molecule has 0 saturated carbocycles. The molecule has 2 aromatic rings. The Kier molecular flexibility index (Phi) is 5.07. The predicted octanol–water partition coefficient (Wildman–Crippen LogP) is 0.407. The molecule has 0 spiro atoms. The first-order valence-electron chi connectivity index (χ1n) is 8.81. The van der Waals surface area contributed by atoms with E-state index in [2.05, 4.69) is 25.3 Å². The van der Waals surface area contributed by atoms with Crippen molar-refractivity contribution in [3.05, 3.63) is 16.6 Å². The van der Waals surface area contributed by atoms with E-state index in [0.29, 0.717) is 36.6 Å². The van der Waals surface area contributed by atoms with Gasteiger partial charge < -0.3 is 10.2 Å². The van der Waals surface area contributed by atoms with Crippen molar-refractivity contribution in [1.82, 2.24) is 24.6 Å². The first-order chi connectivity index (χ1) is 12.2. The van der Waals surface area contributed by atoms with Crippen LogP contribution in [0, 0.1) is 0 Å². The molecule has 144 valence electrons. The summed E-state index contributed by atoms with van der Waals surface area (Å²) < 4.78 is 24.6. The number of aromatic amines is 1. The molecule has 3 heterocycles. The van der Waals surface area contributed by atoms with Crippen LogP contribution in [0.5, 0.6) is 0 Å². The molecule has 2 N–H and O–H groups in total. The number of fused-ring (bicyclic) bond motifs is 1. The molecule has 0 atom stereocenters. The Morgan fingerprint density at radius 1 is 1.27 bits per heavy atom. The van der Waals surface area contributed by atoms with Crippen LogP contribution in [0.2, 0.25) is 0 Å². The molecule has 1 saturated heterocycles. The summed E-state index contributed by atoms with van der Waals surface area (Å²) in [6, 6.07) is 0. The first-order valence-corrected chi connectivity index (χ1v) is 10.6. The molecular weight excluding hydrogens is 356 g/mol. The normalized spacial score (nSPS) is 18.3. The molecule has 0 unspecified atom stereocenters. The van der Waals surface area contributed by atoms with E-state index in [0.717, 1.165) is 13.0 Å². The Morgan fingerprint density at radius 2 is 1.96 bits per heavy atom. The minimum absolute atomic E-state index is 0.214. The van der Waals surface area contributed by atoms with Crippen LogP contribution in [0.1, 0.15) is 27.2 Å². The van der Waals surface area contributed by atoms with E-state index >= 15 is 0 Å². The molecule has 3 rings (SSSR count). The van der Waals surface area contributed by atoms with Crippen LogP contribution in [-0.4, -0.2) is 70.8 Å². The van der Waals surface area contributed by atoms with Gasteiger partial charge in [0.2, 0.25) is 5.95 Å². The van der Waals surface area contributed by atoms with Crippen molar-refractivity contribution in [2.75, 3.05) is 43.0 Å². The van der Waals surface area contributed by atoms with E-state index in [1.54, 1.807) is 10.9 Å². The van der Waals surface area contributed by atoms with Crippen molar-refractivity contribution in [2.45, 2.75) is 32.7 Å². The number of H-pyrrole nitrogens is 1. The smallest absolute Gasteiger partial charge is 0.263 e. The number of rotatable bonds is 5. The summed E-state index contributed by atoms with van der Waals surface area (Å²) in [6.45, 7) is 8.66. The van der Waals surface area contributed by atoms with E-state index in [-0.39, 0.29) is 22.6 Å². The molecule has 1 aliphatic heterocycles. The lowest BCUT2D eigenvalue weighted by atomic mass is 10.1. The number of aromatic nitrogens is 4. The molecule has 1 fully saturated rings. The highest BCUT2D eigenvalue weighted by Gasteiger charge is 2.21. The third-order valence-corrected chi connectivity index (χ3v) is 6.06. The van der Waals surface area contributed by atoms with Gasteiger partial charge in [-0.15, -0.1) is 0 Å². The van der Waals surface area contributed by atoms with Crippen molar-refractivity contribution in [2.24, 2.45) is 0 Å². The highest BCUT2D eigenvalue weighted by molar-refractivity contribution is 7.91. The highest BCUT2D eigenvalue weighted by atomic mass is 32.2. The summed E-state index contributed by atoms with van der Waals surface area (Å²) >= 11 is 0. The van der Waals surface area contributed by atoms with Crippen LogP contribution in [-0.2, 0) is 15.4 Å². The fourth-order valence-corrected chi connectivity index (χ4v) is 4.25. The van der Waals surface area contributed by atoms with E-state index in [1.165, 1.54) is 0 Å². The summed E-state index contributed by atoms with van der Waals surface area (Å²) in [4.78, 5) is 21.6. The summed E-state index contributed by atoms with van der Waals surface area (Å²) in [6.07, 6.45) is 2.38. The Hall–Kier alpha value is -1.94. The molecule has 1 aliphatic rings. The van der Waals surface area contributed by atoms with E-state index in [9.17, 15) is 13.2 Å². The van der Waals surface area contributed by atoms with Crippen LogP contribution in [0.4, 0.5) is 5.95 Å². The molecule has 2 aromatic heterocycles. The van der Waals surface area contributed by atoms with Gasteiger partial charge in [0, 0.05) is 19.6 Å². The van der Waals surface area contributed by atoms with Crippen LogP contribution in [0.3, 0.4) is 0 Å². The number of hydrogen-bond donors (Lipinski definition) is 2. The van der Waals surface area contributed by atoms with Gasteiger partial charge in [-0.3, -0.25) is 9.78 Å². The fourth-order valence-electron chi connectivity index (χ4n) is 2.98. The Balaban J connectivity index is 1.60. The Morgan fingerprint density at radius 3 is 2.62 bits per heavy atom. The average molecular weight is 382 g/mol. The highest BCUT2D eigenvalue weighted by Crippen LogP contribution is 2.18. The lowest BCUT2D eigenvalue weighted by Gasteiger charge is -2.26. The second-order valence-corrected chi connectivity index (χ2v) is 9.96. The van der Waals surface area contributed by atoms with Crippen LogP contribution in [0.25, 0.3) is 11.0 Å². The van der Waals surface area contributed by atoms with Gasteiger partial charge >= 0.3 is 0 Å². The molecule has 0 bridgehead atoms. The maximum absolute atomic E-state index is 12.2. The van der Waals surface area contributed by atoms with Gasteiger partial charge in [-0.1, -0.05) is 0 Å². The molecule has 0 amide bonds. The van der Waals surface area contributed by atoms with Crippen molar-refractivity contribution in [1.29, 1.82) is 0 Å². The van der Waals surface area contributed by atoms with E-state index < -0.39 is 9.84 Å². The van der Waals surface area contributed by atoms with Crippen molar-refractivity contribution >= 4 is 26.8 Å². The zero-order chi connectivity index (χ0) is 18.9. The lowest BCUT2D eigenvalue weighted by molar-refractivity contribution is 0.294. The molecule has 0 aliphatic carbocycles. The largest absolute Gasteiger partial charge is 0.356 e. The fraction of sp³-hybridized carbons (Fsp3) is 0.688. The van der Waals surface area contributed by atoms with Gasteiger partial charge in [-0.25, -0.2) is 13.1 Å². The minimum Gasteiger partial charge on any atom is -0.356 e. The van der Waals surface area contributed by atoms with Gasteiger partial charge in [0.05, 0.1) is 23.2 Å². The maximum Gasteiger partial charge on any atom is 0.263 e. The third-order valence-electron chi connectivity index (χ3n) is 4.45. The number of nitrogens with one attached hydrogen (secondary N) is 2. The number of hydrogen-bond acceptors (Lipinski definition) is 7. The van der Waals surface area contributed by atoms with Gasteiger partial charge in [0.15, 0.2) is 15.5 Å². The number of anilines is 1. The summed E-state index contributed by atoms with van der Waals surface area (Å²) in [5, 5.41) is 7.91. The number of nitrogens with zero attached hydrogens (tertiary/aromatic N) is 4. The Labute approximate surface area is 152 Å². The van der Waals surface area contributed by atoms with Gasteiger partial charge in [-0.2, -0.15) is 10.1 Å². The topological polar surface area (TPSA) is 113 Å². The molecule has 9 nitrogen and oxygen atoms in total. The van der Waals surface area contributed by atoms with Crippen LogP contribution >= 0.6 is 0 Å². The monoisotopic (exact) mass is 382 g/mol. The quantitative estimate of drug-likeness (QED) is 0.720. The lowest BCUT2D eigenvalue weighted by Crippen LogP contribution is -2.41.